The number of amides is 1. The molecule has 0 spiro atoms. The van der Waals surface area contributed by atoms with Crippen LogP contribution in [0.1, 0.15) is 31.7 Å². The molecule has 2 N–H and O–H groups in total. The van der Waals surface area contributed by atoms with Crippen molar-refractivity contribution < 1.29 is 9.53 Å². The van der Waals surface area contributed by atoms with Crippen LogP contribution in [0.2, 0.25) is 0 Å². The van der Waals surface area contributed by atoms with Gasteiger partial charge in [-0.25, -0.2) is 0 Å². The first-order valence-electron chi connectivity index (χ1n) is 7.97. The van der Waals surface area contributed by atoms with Crippen LogP contribution < -0.4 is 15.4 Å². The number of nitrogens with one attached hydrogen (secondary N) is 2. The fourth-order valence-electron chi connectivity index (χ4n) is 2.64. The zero-order valence-corrected chi connectivity index (χ0v) is 14.1. The van der Waals surface area contributed by atoms with Crippen molar-refractivity contribution >= 4 is 18.3 Å². The molecular formula is C17H27ClN2O2. The van der Waals surface area contributed by atoms with Crippen LogP contribution in [0.25, 0.3) is 0 Å². The molecule has 0 aromatic heterocycles. The minimum atomic E-state index is 0. The lowest BCUT2D eigenvalue weighted by molar-refractivity contribution is -0.121. The molecule has 1 atom stereocenters. The number of rotatable bonds is 8. The molecule has 124 valence electrons. The molecule has 0 radical (unpaired) electrons. The number of hydrogen-bond donors (Lipinski definition) is 2. The third kappa shape index (κ3) is 6.67. The van der Waals surface area contributed by atoms with Gasteiger partial charge in [-0.1, -0.05) is 12.1 Å². The van der Waals surface area contributed by atoms with Crippen molar-refractivity contribution in [3.05, 3.63) is 29.8 Å². The van der Waals surface area contributed by atoms with Crippen LogP contribution in [0.5, 0.6) is 5.75 Å². The highest BCUT2D eigenvalue weighted by molar-refractivity contribution is 5.85. The van der Waals surface area contributed by atoms with E-state index in [9.17, 15) is 4.79 Å². The van der Waals surface area contributed by atoms with Crippen molar-refractivity contribution in [1.29, 1.82) is 0 Å². The largest absolute Gasteiger partial charge is 0.494 e. The highest BCUT2D eigenvalue weighted by atomic mass is 35.5. The standard InChI is InChI=1S/C17H26N2O2.ClH/c1-2-21-16-6-3-14(4-7-16)5-8-17(20)19-12-10-15-9-11-18-13-15;/h3-4,6-7,15,18H,2,5,8-13H2,1H3,(H,19,20);1H. The molecule has 1 amide bonds. The van der Waals surface area contributed by atoms with Crippen LogP contribution in [-0.4, -0.2) is 32.1 Å². The van der Waals surface area contributed by atoms with E-state index < -0.39 is 0 Å². The van der Waals surface area contributed by atoms with Crippen molar-refractivity contribution in [3.63, 3.8) is 0 Å². The van der Waals surface area contributed by atoms with E-state index in [0.717, 1.165) is 44.1 Å². The van der Waals surface area contributed by atoms with Crippen LogP contribution in [0.15, 0.2) is 24.3 Å². The highest BCUT2D eigenvalue weighted by Crippen LogP contribution is 2.13. The Kier molecular flexibility index (Phi) is 8.94. The molecule has 1 fully saturated rings. The van der Waals surface area contributed by atoms with Gasteiger partial charge in [-0.15, -0.1) is 12.4 Å². The number of carbonyl (C=O) groups is 1. The zero-order valence-electron chi connectivity index (χ0n) is 13.3. The third-order valence-electron chi connectivity index (χ3n) is 3.91. The molecule has 1 heterocycles. The smallest absolute Gasteiger partial charge is 0.220 e. The number of halogens is 1. The third-order valence-corrected chi connectivity index (χ3v) is 3.91. The topological polar surface area (TPSA) is 50.4 Å². The number of ether oxygens (including phenoxy) is 1. The van der Waals surface area contributed by atoms with Crippen LogP contribution in [0, 0.1) is 5.92 Å². The Hall–Kier alpha value is -1.26. The maximum Gasteiger partial charge on any atom is 0.220 e. The van der Waals surface area contributed by atoms with Gasteiger partial charge in [0, 0.05) is 13.0 Å². The summed E-state index contributed by atoms with van der Waals surface area (Å²) in [6, 6.07) is 7.98. The molecule has 5 heteroatoms. The Labute approximate surface area is 139 Å². The number of carbonyl (C=O) groups excluding carboxylic acids is 1. The number of benzene rings is 1. The summed E-state index contributed by atoms with van der Waals surface area (Å²) in [6.45, 7) is 5.67. The predicted molar refractivity (Wildman–Crippen MR) is 91.8 cm³/mol. The van der Waals surface area contributed by atoms with E-state index in [-0.39, 0.29) is 18.3 Å². The second kappa shape index (κ2) is 10.5. The Morgan fingerprint density at radius 1 is 1.36 bits per heavy atom. The van der Waals surface area contributed by atoms with Gasteiger partial charge in [-0.05, 0) is 62.9 Å². The fourth-order valence-corrected chi connectivity index (χ4v) is 2.64. The monoisotopic (exact) mass is 326 g/mol. The molecule has 0 bridgehead atoms. The van der Waals surface area contributed by atoms with Gasteiger partial charge in [-0.3, -0.25) is 4.79 Å². The van der Waals surface area contributed by atoms with Gasteiger partial charge >= 0.3 is 0 Å². The maximum absolute atomic E-state index is 11.8. The van der Waals surface area contributed by atoms with Crippen molar-refractivity contribution in [2.75, 3.05) is 26.2 Å². The molecule has 2 rings (SSSR count). The van der Waals surface area contributed by atoms with E-state index in [1.807, 2.05) is 31.2 Å². The molecular weight excluding hydrogens is 300 g/mol. The van der Waals surface area contributed by atoms with Gasteiger partial charge in [0.25, 0.3) is 0 Å². The normalized spacial score (nSPS) is 16.9. The molecule has 4 nitrogen and oxygen atoms in total. The average Bonchev–Trinajstić information content (AvgIpc) is 3.00. The van der Waals surface area contributed by atoms with Gasteiger partial charge in [0.2, 0.25) is 5.91 Å². The van der Waals surface area contributed by atoms with Crippen molar-refractivity contribution in [2.45, 2.75) is 32.6 Å². The Morgan fingerprint density at radius 2 is 2.14 bits per heavy atom. The molecule has 1 aromatic rings. The van der Waals surface area contributed by atoms with Crippen molar-refractivity contribution in [2.24, 2.45) is 5.92 Å². The van der Waals surface area contributed by atoms with E-state index in [2.05, 4.69) is 10.6 Å². The lowest BCUT2D eigenvalue weighted by atomic mass is 10.1. The Balaban J connectivity index is 0.00000242. The quantitative estimate of drug-likeness (QED) is 0.772. The minimum Gasteiger partial charge on any atom is -0.494 e. The molecule has 22 heavy (non-hydrogen) atoms. The van der Waals surface area contributed by atoms with E-state index in [1.165, 1.54) is 12.0 Å². The first-order chi connectivity index (χ1) is 10.3. The second-order valence-electron chi connectivity index (χ2n) is 5.57. The molecule has 1 unspecified atom stereocenters. The van der Waals surface area contributed by atoms with Crippen LogP contribution in [0.3, 0.4) is 0 Å². The van der Waals surface area contributed by atoms with Gasteiger partial charge in [0.1, 0.15) is 5.75 Å². The van der Waals surface area contributed by atoms with Crippen molar-refractivity contribution in [3.8, 4) is 5.75 Å². The van der Waals surface area contributed by atoms with Gasteiger partial charge < -0.3 is 15.4 Å². The first-order valence-corrected chi connectivity index (χ1v) is 7.97. The lowest BCUT2D eigenvalue weighted by Crippen LogP contribution is -2.26. The Morgan fingerprint density at radius 3 is 2.77 bits per heavy atom. The summed E-state index contributed by atoms with van der Waals surface area (Å²) in [7, 11) is 0. The summed E-state index contributed by atoms with van der Waals surface area (Å²) < 4.78 is 5.40. The van der Waals surface area contributed by atoms with Crippen LogP contribution >= 0.6 is 12.4 Å². The molecule has 0 saturated carbocycles. The van der Waals surface area contributed by atoms with E-state index in [4.69, 9.17) is 4.74 Å². The molecule has 1 aliphatic rings. The summed E-state index contributed by atoms with van der Waals surface area (Å²) in [5, 5.41) is 6.37. The van der Waals surface area contributed by atoms with E-state index in [0.29, 0.717) is 13.0 Å². The number of hydrogen-bond acceptors (Lipinski definition) is 3. The minimum absolute atomic E-state index is 0. The molecule has 1 saturated heterocycles. The van der Waals surface area contributed by atoms with Gasteiger partial charge in [-0.2, -0.15) is 0 Å². The zero-order chi connectivity index (χ0) is 14.9. The van der Waals surface area contributed by atoms with Gasteiger partial charge in [0.05, 0.1) is 6.61 Å². The lowest BCUT2D eigenvalue weighted by Gasteiger charge is -2.09. The predicted octanol–water partition coefficient (Wildman–Crippen LogP) is 2.56. The molecule has 0 aliphatic carbocycles. The summed E-state index contributed by atoms with van der Waals surface area (Å²) in [5.74, 6) is 1.77. The fraction of sp³-hybridized carbons (Fsp3) is 0.588. The SMILES string of the molecule is CCOc1ccc(CCC(=O)NCCC2CCNC2)cc1.Cl. The van der Waals surface area contributed by atoms with E-state index >= 15 is 0 Å². The van der Waals surface area contributed by atoms with Crippen LogP contribution in [0.4, 0.5) is 0 Å². The van der Waals surface area contributed by atoms with Crippen molar-refractivity contribution in [1.82, 2.24) is 10.6 Å². The Bertz CT molecular complexity index is 431. The summed E-state index contributed by atoms with van der Waals surface area (Å²) in [6.07, 6.45) is 3.66. The maximum atomic E-state index is 11.8. The number of aryl methyl sites for hydroxylation is 1. The summed E-state index contributed by atoms with van der Waals surface area (Å²) in [4.78, 5) is 11.8. The van der Waals surface area contributed by atoms with Crippen LogP contribution in [-0.2, 0) is 11.2 Å². The molecule has 1 aromatic carbocycles. The first kappa shape index (κ1) is 18.8. The molecule has 1 aliphatic heterocycles. The average molecular weight is 327 g/mol. The summed E-state index contributed by atoms with van der Waals surface area (Å²) in [5.41, 5.74) is 1.17. The second-order valence-corrected chi connectivity index (χ2v) is 5.57. The highest BCUT2D eigenvalue weighted by Gasteiger charge is 2.13. The van der Waals surface area contributed by atoms with E-state index in [1.54, 1.807) is 0 Å². The van der Waals surface area contributed by atoms with Gasteiger partial charge in [0.15, 0.2) is 0 Å². The summed E-state index contributed by atoms with van der Waals surface area (Å²) >= 11 is 0.